The number of unbranched alkanes of at least 4 members (excludes halogenated alkanes) is 4. The van der Waals surface area contributed by atoms with Gasteiger partial charge in [0.2, 0.25) is 0 Å². The Morgan fingerprint density at radius 1 is 1.22 bits per heavy atom. The molecule has 0 saturated carbocycles. The summed E-state index contributed by atoms with van der Waals surface area (Å²) in [6, 6.07) is 0. The molecule has 0 saturated heterocycles. The second kappa shape index (κ2) is 7.74. The minimum atomic E-state index is 1.15. The van der Waals surface area contributed by atoms with E-state index in [1.807, 2.05) is 13.0 Å². The van der Waals surface area contributed by atoms with Crippen LogP contribution in [0.4, 0.5) is 0 Å². The lowest BCUT2D eigenvalue weighted by molar-refractivity contribution is 0.670. The SMILES string of the molecule is C/C=[C]/CCCCCC. The molecule has 0 amide bonds. The predicted molar refractivity (Wildman–Crippen MR) is 42.2 cm³/mol. The van der Waals surface area contributed by atoms with Gasteiger partial charge in [-0.1, -0.05) is 32.3 Å². The molecule has 0 aromatic carbocycles. The monoisotopic (exact) mass is 125 g/mol. The first kappa shape index (κ1) is 8.74. The van der Waals surface area contributed by atoms with E-state index in [9.17, 15) is 0 Å². The molecule has 0 aliphatic carbocycles. The largest absolute Gasteiger partial charge is 0.0842 e. The Kier molecular flexibility index (Phi) is 7.52. The standard InChI is InChI=1S/C9H17/c1-3-5-7-9-8-6-4-2/h3H,4,6-9H2,1-2H3. The number of hydrogen-bond donors (Lipinski definition) is 0. The van der Waals surface area contributed by atoms with E-state index in [0.717, 1.165) is 6.42 Å². The highest BCUT2D eigenvalue weighted by atomic mass is 13.9. The first-order valence-corrected chi connectivity index (χ1v) is 3.93. The summed E-state index contributed by atoms with van der Waals surface area (Å²) in [4.78, 5) is 0. The first-order valence-electron chi connectivity index (χ1n) is 3.93. The highest BCUT2D eigenvalue weighted by Crippen LogP contribution is 2.01. The van der Waals surface area contributed by atoms with Gasteiger partial charge in [0, 0.05) is 0 Å². The molecule has 0 N–H and O–H groups in total. The molecule has 53 valence electrons. The average Bonchev–Trinajstić information content (AvgIpc) is 1.89. The van der Waals surface area contributed by atoms with E-state index in [1.165, 1.54) is 25.7 Å². The molecule has 0 aliphatic heterocycles. The first-order chi connectivity index (χ1) is 4.41. The van der Waals surface area contributed by atoms with Crippen molar-refractivity contribution in [3.05, 3.63) is 12.2 Å². The summed E-state index contributed by atoms with van der Waals surface area (Å²) >= 11 is 0. The fourth-order valence-corrected chi connectivity index (χ4v) is 0.798. The molecule has 9 heavy (non-hydrogen) atoms. The van der Waals surface area contributed by atoms with E-state index in [2.05, 4.69) is 13.0 Å². The zero-order valence-corrected chi connectivity index (χ0v) is 6.61. The molecule has 0 aromatic heterocycles. The van der Waals surface area contributed by atoms with Gasteiger partial charge in [0.15, 0.2) is 0 Å². The van der Waals surface area contributed by atoms with E-state index in [-0.39, 0.29) is 0 Å². The molecular weight excluding hydrogens is 108 g/mol. The quantitative estimate of drug-likeness (QED) is 0.494. The number of hydrogen-bond acceptors (Lipinski definition) is 0. The maximum Gasteiger partial charge on any atom is -0.0280 e. The van der Waals surface area contributed by atoms with Crippen molar-refractivity contribution in [2.45, 2.75) is 46.0 Å². The Labute approximate surface area is 59.0 Å². The van der Waals surface area contributed by atoms with Gasteiger partial charge < -0.3 is 0 Å². The number of rotatable bonds is 5. The van der Waals surface area contributed by atoms with Crippen molar-refractivity contribution in [1.29, 1.82) is 0 Å². The third-order valence-electron chi connectivity index (χ3n) is 1.38. The Bertz CT molecular complexity index is 62.4. The van der Waals surface area contributed by atoms with Crippen molar-refractivity contribution in [1.82, 2.24) is 0 Å². The van der Waals surface area contributed by atoms with Crippen LogP contribution in [0.1, 0.15) is 46.0 Å². The average molecular weight is 125 g/mol. The van der Waals surface area contributed by atoms with Crippen LogP contribution < -0.4 is 0 Å². The van der Waals surface area contributed by atoms with Crippen LogP contribution in [0.25, 0.3) is 0 Å². The molecule has 0 spiro atoms. The molecule has 0 aliphatic rings. The zero-order valence-electron chi connectivity index (χ0n) is 6.61. The predicted octanol–water partition coefficient (Wildman–Crippen LogP) is 3.34. The molecule has 0 rings (SSSR count). The molecule has 0 bridgehead atoms. The lowest BCUT2D eigenvalue weighted by Crippen LogP contribution is -1.73. The molecule has 0 heteroatoms. The second-order valence-electron chi connectivity index (χ2n) is 2.30. The zero-order chi connectivity index (χ0) is 6.95. The minimum absolute atomic E-state index is 1.15. The van der Waals surface area contributed by atoms with Gasteiger partial charge >= 0.3 is 0 Å². The summed E-state index contributed by atoms with van der Waals surface area (Å²) in [5.74, 6) is 0. The van der Waals surface area contributed by atoms with Crippen LogP contribution in [-0.2, 0) is 0 Å². The van der Waals surface area contributed by atoms with Gasteiger partial charge in [-0.05, 0) is 25.8 Å². The topological polar surface area (TPSA) is 0 Å². The lowest BCUT2D eigenvalue weighted by atomic mass is 10.1. The molecular formula is C9H17. The third-order valence-corrected chi connectivity index (χ3v) is 1.38. The summed E-state index contributed by atoms with van der Waals surface area (Å²) in [6.45, 7) is 4.26. The van der Waals surface area contributed by atoms with E-state index in [4.69, 9.17) is 0 Å². The van der Waals surface area contributed by atoms with Gasteiger partial charge in [0.05, 0.1) is 0 Å². The van der Waals surface area contributed by atoms with Crippen molar-refractivity contribution in [2.75, 3.05) is 0 Å². The lowest BCUT2D eigenvalue weighted by Gasteiger charge is -1.92. The van der Waals surface area contributed by atoms with Crippen molar-refractivity contribution in [2.24, 2.45) is 0 Å². The molecule has 0 unspecified atom stereocenters. The van der Waals surface area contributed by atoms with Crippen LogP contribution in [-0.4, -0.2) is 0 Å². The van der Waals surface area contributed by atoms with Gasteiger partial charge in [-0.25, -0.2) is 0 Å². The fourth-order valence-electron chi connectivity index (χ4n) is 0.798. The van der Waals surface area contributed by atoms with E-state index >= 15 is 0 Å². The van der Waals surface area contributed by atoms with E-state index in [1.54, 1.807) is 0 Å². The van der Waals surface area contributed by atoms with Crippen LogP contribution in [0.3, 0.4) is 0 Å². The van der Waals surface area contributed by atoms with E-state index in [0.29, 0.717) is 0 Å². The summed E-state index contributed by atoms with van der Waals surface area (Å²) in [6.07, 6.45) is 11.7. The summed E-state index contributed by atoms with van der Waals surface area (Å²) < 4.78 is 0. The highest BCUT2D eigenvalue weighted by Gasteiger charge is 1.82. The van der Waals surface area contributed by atoms with Crippen LogP contribution in [0.15, 0.2) is 6.08 Å². The van der Waals surface area contributed by atoms with Crippen LogP contribution in [0, 0.1) is 6.08 Å². The Balaban J connectivity index is 2.75. The Hall–Kier alpha value is -0.260. The summed E-state index contributed by atoms with van der Waals surface area (Å²) in [5.41, 5.74) is 0. The Morgan fingerprint density at radius 2 is 2.00 bits per heavy atom. The molecule has 1 radical (unpaired) electrons. The van der Waals surface area contributed by atoms with Gasteiger partial charge in [0.1, 0.15) is 0 Å². The van der Waals surface area contributed by atoms with Crippen LogP contribution >= 0.6 is 0 Å². The minimum Gasteiger partial charge on any atom is -0.0842 e. The van der Waals surface area contributed by atoms with Crippen LogP contribution in [0.2, 0.25) is 0 Å². The maximum absolute atomic E-state index is 3.18. The van der Waals surface area contributed by atoms with E-state index < -0.39 is 0 Å². The normalized spacial score (nSPS) is 10.9. The fraction of sp³-hybridized carbons (Fsp3) is 0.778. The third kappa shape index (κ3) is 7.74. The summed E-state index contributed by atoms with van der Waals surface area (Å²) in [7, 11) is 0. The van der Waals surface area contributed by atoms with Gasteiger partial charge in [-0.2, -0.15) is 0 Å². The smallest absolute Gasteiger partial charge is 0.0280 e. The van der Waals surface area contributed by atoms with Gasteiger partial charge in [-0.15, -0.1) is 0 Å². The second-order valence-corrected chi connectivity index (χ2v) is 2.30. The summed E-state index contributed by atoms with van der Waals surface area (Å²) in [5, 5.41) is 0. The number of allylic oxidation sites excluding steroid dienone is 2. The van der Waals surface area contributed by atoms with Crippen LogP contribution in [0.5, 0.6) is 0 Å². The maximum atomic E-state index is 3.18. The van der Waals surface area contributed by atoms with Gasteiger partial charge in [0.25, 0.3) is 0 Å². The molecule has 0 fully saturated rings. The van der Waals surface area contributed by atoms with Crippen molar-refractivity contribution in [3.8, 4) is 0 Å². The van der Waals surface area contributed by atoms with Gasteiger partial charge in [-0.3, -0.25) is 0 Å². The highest BCUT2D eigenvalue weighted by molar-refractivity contribution is 4.66. The molecule has 0 heterocycles. The molecule has 0 atom stereocenters. The van der Waals surface area contributed by atoms with Crippen molar-refractivity contribution < 1.29 is 0 Å². The van der Waals surface area contributed by atoms with Crippen molar-refractivity contribution >= 4 is 0 Å². The molecule has 0 nitrogen and oxygen atoms in total. The molecule has 0 aromatic rings. The Morgan fingerprint density at radius 3 is 2.56 bits per heavy atom. The van der Waals surface area contributed by atoms with Crippen molar-refractivity contribution in [3.63, 3.8) is 0 Å².